The lowest BCUT2D eigenvalue weighted by Gasteiger charge is -2.21. The van der Waals surface area contributed by atoms with Gasteiger partial charge in [0.1, 0.15) is 6.10 Å². The van der Waals surface area contributed by atoms with Gasteiger partial charge in [0.15, 0.2) is 0 Å². The summed E-state index contributed by atoms with van der Waals surface area (Å²) in [6, 6.07) is 14.6. The Hall–Kier alpha value is -1.34. The smallest absolute Gasteiger partial charge is 0.297 e. The largest absolute Gasteiger partial charge is 0.374 e. The Morgan fingerprint density at radius 3 is 2.62 bits per heavy atom. The van der Waals surface area contributed by atoms with Gasteiger partial charge < -0.3 is 4.74 Å². The van der Waals surface area contributed by atoms with E-state index < -0.39 is 16.2 Å². The molecule has 2 aromatic rings. The number of benzene rings is 2. The van der Waals surface area contributed by atoms with Gasteiger partial charge in [-0.25, -0.2) is 0 Å². The molecule has 6 heteroatoms. The van der Waals surface area contributed by atoms with Crippen molar-refractivity contribution in [1.29, 1.82) is 0 Å². The maximum Gasteiger partial charge on any atom is 0.297 e. The average Bonchev–Trinajstić information content (AvgIpc) is 2.64. The Morgan fingerprint density at radius 2 is 1.85 bits per heavy atom. The minimum atomic E-state index is -3.84. The standard InChI is InChI=1S/C19H22O4S2.CH4/c1-14-10-11-18(17-8-3-4-9-19(17)24-2)23-25(20,21)16-7-5-6-15(12-16)13-22-14;/h3-9,12,14,18H,10-11,13H2,1-2H3;1H4/t14-,18?;/m0./s1. The highest BCUT2D eigenvalue weighted by atomic mass is 32.2. The van der Waals surface area contributed by atoms with Crippen molar-refractivity contribution in [3.8, 4) is 0 Å². The Morgan fingerprint density at radius 1 is 1.08 bits per heavy atom. The molecule has 0 fully saturated rings. The first-order valence-corrected chi connectivity index (χ1v) is 10.9. The fourth-order valence-electron chi connectivity index (χ4n) is 2.90. The van der Waals surface area contributed by atoms with E-state index in [0.29, 0.717) is 13.0 Å². The third-order valence-corrected chi connectivity index (χ3v) is 6.41. The van der Waals surface area contributed by atoms with Gasteiger partial charge in [0.05, 0.1) is 17.6 Å². The molecule has 2 atom stereocenters. The summed E-state index contributed by atoms with van der Waals surface area (Å²) >= 11 is 1.59. The van der Waals surface area contributed by atoms with Crippen LogP contribution in [-0.4, -0.2) is 20.8 Å². The summed E-state index contributed by atoms with van der Waals surface area (Å²) in [6.07, 6.45) is 2.78. The normalized spacial score (nSPS) is 22.7. The molecule has 26 heavy (non-hydrogen) atoms. The third kappa shape index (κ3) is 4.88. The molecule has 3 rings (SSSR count). The molecule has 1 heterocycles. The second-order valence-electron chi connectivity index (χ2n) is 6.13. The fourth-order valence-corrected chi connectivity index (χ4v) is 4.70. The molecule has 1 aliphatic rings. The first-order chi connectivity index (χ1) is 12.0. The Labute approximate surface area is 161 Å². The van der Waals surface area contributed by atoms with Gasteiger partial charge >= 0.3 is 0 Å². The molecular weight excluding hydrogens is 368 g/mol. The summed E-state index contributed by atoms with van der Waals surface area (Å²) in [6.45, 7) is 2.41. The molecule has 0 saturated carbocycles. The molecule has 1 aliphatic heterocycles. The van der Waals surface area contributed by atoms with Crippen molar-refractivity contribution in [1.82, 2.24) is 0 Å². The average molecular weight is 395 g/mol. The van der Waals surface area contributed by atoms with Crippen molar-refractivity contribution in [3.63, 3.8) is 0 Å². The number of rotatable bonds is 2. The van der Waals surface area contributed by atoms with Gasteiger partial charge in [-0.15, -0.1) is 11.8 Å². The van der Waals surface area contributed by atoms with Gasteiger partial charge in [-0.2, -0.15) is 8.42 Å². The quantitative estimate of drug-likeness (QED) is 0.518. The SMILES string of the molecule is C.CSc1ccccc1C1CC[C@H](C)OCc2cccc(c2)S(=O)(=O)O1. The van der Waals surface area contributed by atoms with Crippen molar-refractivity contribution in [3.05, 3.63) is 59.7 Å². The molecule has 2 aromatic carbocycles. The van der Waals surface area contributed by atoms with Crippen LogP contribution in [0.4, 0.5) is 0 Å². The third-order valence-electron chi connectivity index (χ3n) is 4.29. The molecule has 142 valence electrons. The molecule has 0 amide bonds. The monoisotopic (exact) mass is 394 g/mol. The van der Waals surface area contributed by atoms with Crippen LogP contribution in [0, 0.1) is 0 Å². The number of hydrogen-bond acceptors (Lipinski definition) is 5. The molecule has 2 bridgehead atoms. The molecular formula is C20H26O4S2. The van der Waals surface area contributed by atoms with E-state index in [1.807, 2.05) is 43.5 Å². The first-order valence-electron chi connectivity index (χ1n) is 8.26. The highest BCUT2D eigenvalue weighted by molar-refractivity contribution is 7.98. The van der Waals surface area contributed by atoms with E-state index in [4.69, 9.17) is 8.92 Å². The molecule has 0 aromatic heterocycles. The summed E-state index contributed by atoms with van der Waals surface area (Å²) in [5.41, 5.74) is 1.74. The van der Waals surface area contributed by atoms with Crippen LogP contribution in [0.15, 0.2) is 58.3 Å². The van der Waals surface area contributed by atoms with E-state index in [0.717, 1.165) is 22.4 Å². The van der Waals surface area contributed by atoms with Crippen molar-refractivity contribution < 1.29 is 17.3 Å². The summed E-state index contributed by atoms with van der Waals surface area (Å²) in [7, 11) is -3.84. The van der Waals surface area contributed by atoms with Gasteiger partial charge in [-0.1, -0.05) is 37.8 Å². The van der Waals surface area contributed by atoms with Crippen molar-refractivity contribution in [2.75, 3.05) is 6.26 Å². The van der Waals surface area contributed by atoms with Crippen molar-refractivity contribution in [2.45, 2.75) is 55.8 Å². The van der Waals surface area contributed by atoms with E-state index in [1.165, 1.54) is 0 Å². The maximum atomic E-state index is 12.8. The Bertz CT molecular complexity index is 833. The van der Waals surface area contributed by atoms with Gasteiger partial charge in [0, 0.05) is 4.90 Å². The summed E-state index contributed by atoms with van der Waals surface area (Å²) in [4.78, 5) is 1.20. The van der Waals surface area contributed by atoms with Crippen LogP contribution in [0.2, 0.25) is 0 Å². The van der Waals surface area contributed by atoms with Gasteiger partial charge in [0.25, 0.3) is 10.1 Å². The summed E-state index contributed by atoms with van der Waals surface area (Å²) in [5.74, 6) is 0. The van der Waals surface area contributed by atoms with Crippen LogP contribution < -0.4 is 0 Å². The molecule has 0 N–H and O–H groups in total. The number of fused-ring (bicyclic) bond motifs is 2. The molecule has 0 aliphatic carbocycles. The van der Waals surface area contributed by atoms with E-state index in [-0.39, 0.29) is 18.4 Å². The van der Waals surface area contributed by atoms with Crippen molar-refractivity contribution >= 4 is 21.9 Å². The zero-order chi connectivity index (χ0) is 17.9. The highest BCUT2D eigenvalue weighted by Crippen LogP contribution is 2.34. The molecule has 4 nitrogen and oxygen atoms in total. The second kappa shape index (κ2) is 9.04. The van der Waals surface area contributed by atoms with E-state index in [9.17, 15) is 8.42 Å². The van der Waals surface area contributed by atoms with Gasteiger partial charge in [0.2, 0.25) is 0 Å². The molecule has 0 saturated heterocycles. The predicted molar refractivity (Wildman–Crippen MR) is 106 cm³/mol. The van der Waals surface area contributed by atoms with Crippen LogP contribution in [0.3, 0.4) is 0 Å². The second-order valence-corrected chi connectivity index (χ2v) is 8.55. The Balaban J connectivity index is 0.00000243. The van der Waals surface area contributed by atoms with Crippen LogP contribution in [-0.2, 0) is 25.6 Å². The lowest BCUT2D eigenvalue weighted by molar-refractivity contribution is 0.0386. The van der Waals surface area contributed by atoms with Crippen LogP contribution in [0.5, 0.6) is 0 Å². The van der Waals surface area contributed by atoms with E-state index in [2.05, 4.69) is 0 Å². The molecule has 0 spiro atoms. The van der Waals surface area contributed by atoms with E-state index in [1.54, 1.807) is 30.0 Å². The zero-order valence-electron chi connectivity index (χ0n) is 14.3. The number of ether oxygens (including phenoxy) is 1. The zero-order valence-corrected chi connectivity index (χ0v) is 16.0. The molecule has 0 radical (unpaired) electrons. The maximum absolute atomic E-state index is 12.8. The first kappa shape index (κ1) is 21.0. The lowest BCUT2D eigenvalue weighted by Crippen LogP contribution is -2.15. The summed E-state index contributed by atoms with van der Waals surface area (Å²) in [5, 5.41) is 0. The van der Waals surface area contributed by atoms with Crippen LogP contribution >= 0.6 is 11.8 Å². The lowest BCUT2D eigenvalue weighted by atomic mass is 10.0. The number of thioether (sulfide) groups is 1. The Kier molecular flexibility index (Phi) is 7.29. The summed E-state index contributed by atoms with van der Waals surface area (Å²) < 4.78 is 37.1. The minimum absolute atomic E-state index is 0. The van der Waals surface area contributed by atoms with Crippen molar-refractivity contribution in [2.24, 2.45) is 0 Å². The minimum Gasteiger partial charge on any atom is -0.374 e. The predicted octanol–water partition coefficient (Wildman–Crippen LogP) is 5.19. The van der Waals surface area contributed by atoms with Crippen LogP contribution in [0.1, 0.15) is 44.4 Å². The van der Waals surface area contributed by atoms with E-state index >= 15 is 0 Å². The fraction of sp³-hybridized carbons (Fsp3) is 0.400. The van der Waals surface area contributed by atoms with Gasteiger partial charge in [-0.3, -0.25) is 4.18 Å². The molecule has 1 unspecified atom stereocenters. The topological polar surface area (TPSA) is 52.6 Å². The number of hydrogen-bond donors (Lipinski definition) is 0. The highest BCUT2D eigenvalue weighted by Gasteiger charge is 2.26. The van der Waals surface area contributed by atoms with Crippen LogP contribution in [0.25, 0.3) is 0 Å². The van der Waals surface area contributed by atoms with Gasteiger partial charge in [-0.05, 0) is 55.3 Å².